The molecule has 0 saturated heterocycles. The van der Waals surface area contributed by atoms with Crippen molar-refractivity contribution in [2.45, 2.75) is 25.7 Å². The molecule has 0 aliphatic heterocycles. The molecule has 0 amide bonds. The first kappa shape index (κ1) is 14.4. The number of rotatable bonds is 2. The smallest absolute Gasteiger partial charge is 0.199 e. The first-order valence-corrected chi connectivity index (χ1v) is 7.67. The molecule has 102 valence electrons. The van der Waals surface area contributed by atoms with Crippen molar-refractivity contribution in [2.75, 3.05) is 0 Å². The van der Waals surface area contributed by atoms with E-state index >= 15 is 0 Å². The van der Waals surface area contributed by atoms with Gasteiger partial charge < -0.3 is 0 Å². The molecule has 0 spiro atoms. The molecule has 2 aromatic rings. The predicted octanol–water partition coefficient (Wildman–Crippen LogP) is 3.35. The van der Waals surface area contributed by atoms with Crippen molar-refractivity contribution < 1.29 is 8.42 Å². The van der Waals surface area contributed by atoms with Crippen LogP contribution in [0.5, 0.6) is 0 Å². The van der Waals surface area contributed by atoms with Crippen molar-refractivity contribution in [1.82, 2.24) is 9.19 Å². The van der Waals surface area contributed by atoms with Gasteiger partial charge in [0.05, 0.1) is 26.3 Å². The van der Waals surface area contributed by atoms with Gasteiger partial charge in [0.15, 0.2) is 0 Å². The van der Waals surface area contributed by atoms with E-state index in [2.05, 4.69) is 5.10 Å². The van der Waals surface area contributed by atoms with E-state index < -0.39 is 10.0 Å². The minimum absolute atomic E-state index is 0.105. The van der Waals surface area contributed by atoms with E-state index in [-0.39, 0.29) is 9.92 Å². The van der Waals surface area contributed by atoms with E-state index in [9.17, 15) is 8.42 Å². The highest BCUT2D eigenvalue weighted by Gasteiger charge is 2.23. The predicted molar refractivity (Wildman–Crippen MR) is 75.5 cm³/mol. The zero-order valence-corrected chi connectivity index (χ0v) is 12.9. The Kier molecular flexibility index (Phi) is 3.64. The number of hydrogen-bond donors (Lipinski definition) is 0. The van der Waals surface area contributed by atoms with Gasteiger partial charge in [-0.3, -0.25) is 0 Å². The molecule has 19 heavy (non-hydrogen) atoms. The summed E-state index contributed by atoms with van der Waals surface area (Å²) in [5.41, 5.74) is 1.71. The molecule has 1 heterocycles. The minimum atomic E-state index is -3.76. The lowest BCUT2D eigenvalue weighted by Gasteiger charge is -2.10. The van der Waals surface area contributed by atoms with Gasteiger partial charge in [-0.2, -0.15) is 17.6 Å². The third kappa shape index (κ3) is 2.50. The summed E-state index contributed by atoms with van der Waals surface area (Å²) in [7, 11) is -3.76. The molecule has 2 rings (SSSR count). The first-order chi connectivity index (χ1) is 8.73. The summed E-state index contributed by atoms with van der Waals surface area (Å²) in [4.78, 5) is 0.105. The maximum atomic E-state index is 12.6. The van der Waals surface area contributed by atoms with Crippen LogP contribution in [0.25, 0.3) is 0 Å². The molecule has 0 radical (unpaired) electrons. The van der Waals surface area contributed by atoms with Crippen molar-refractivity contribution in [1.29, 1.82) is 0 Å². The number of hydrogen-bond acceptors (Lipinski definition) is 3. The minimum Gasteiger partial charge on any atom is -0.199 e. The highest BCUT2D eigenvalue weighted by atomic mass is 35.5. The summed E-state index contributed by atoms with van der Waals surface area (Å²) in [6, 6.07) is 4.58. The van der Waals surface area contributed by atoms with Crippen molar-refractivity contribution in [3.05, 3.63) is 45.2 Å². The Balaban J connectivity index is 2.70. The quantitative estimate of drug-likeness (QED) is 0.853. The van der Waals surface area contributed by atoms with Gasteiger partial charge in [0.2, 0.25) is 0 Å². The molecule has 0 N–H and O–H groups in total. The Hall–Kier alpha value is -1.04. The van der Waals surface area contributed by atoms with Crippen molar-refractivity contribution in [3.8, 4) is 0 Å². The summed E-state index contributed by atoms with van der Waals surface area (Å²) in [6.45, 7) is 5.09. The second-order valence-corrected chi connectivity index (χ2v) is 6.86. The Labute approximate surface area is 122 Å². The molecular formula is C12H12Cl2N2O2S. The van der Waals surface area contributed by atoms with Gasteiger partial charge in [0, 0.05) is 0 Å². The van der Waals surface area contributed by atoms with Crippen LogP contribution in [-0.4, -0.2) is 17.6 Å². The maximum absolute atomic E-state index is 12.6. The second-order valence-electron chi connectivity index (χ2n) is 4.31. The lowest BCUT2D eigenvalue weighted by Crippen LogP contribution is -2.17. The molecule has 0 aliphatic carbocycles. The average molecular weight is 319 g/mol. The van der Waals surface area contributed by atoms with Crippen molar-refractivity contribution in [3.63, 3.8) is 0 Å². The number of aromatic nitrogens is 2. The summed E-state index contributed by atoms with van der Waals surface area (Å²) in [6.07, 6.45) is 0. The van der Waals surface area contributed by atoms with Gasteiger partial charge >= 0.3 is 0 Å². The summed E-state index contributed by atoms with van der Waals surface area (Å²) in [5, 5.41) is 4.53. The largest absolute Gasteiger partial charge is 0.283 e. The maximum Gasteiger partial charge on any atom is 0.283 e. The van der Waals surface area contributed by atoms with E-state index in [1.54, 1.807) is 26.8 Å². The van der Waals surface area contributed by atoms with E-state index in [4.69, 9.17) is 23.2 Å². The normalized spacial score (nSPS) is 11.8. The van der Waals surface area contributed by atoms with Crippen molar-refractivity contribution in [2.24, 2.45) is 0 Å². The first-order valence-electron chi connectivity index (χ1n) is 5.48. The molecule has 1 aromatic heterocycles. The van der Waals surface area contributed by atoms with Gasteiger partial charge in [-0.25, -0.2) is 0 Å². The Morgan fingerprint density at radius 2 is 1.63 bits per heavy atom. The Morgan fingerprint density at radius 3 is 2.16 bits per heavy atom. The lowest BCUT2D eigenvalue weighted by molar-refractivity contribution is 0.577. The number of benzene rings is 1. The van der Waals surface area contributed by atoms with Crippen LogP contribution in [0.1, 0.15) is 17.0 Å². The van der Waals surface area contributed by atoms with Crippen molar-refractivity contribution >= 4 is 33.2 Å². The number of nitrogens with zero attached hydrogens (tertiary/aromatic N) is 2. The summed E-state index contributed by atoms with van der Waals surface area (Å²) < 4.78 is 26.1. The van der Waals surface area contributed by atoms with E-state index in [0.717, 1.165) is 4.09 Å². The SMILES string of the molecule is Cc1cc(C)n(S(=O)(=O)c2cc(Cl)c(Cl)cc2C)n1. The highest BCUT2D eigenvalue weighted by Crippen LogP contribution is 2.29. The fourth-order valence-corrected chi connectivity index (χ4v) is 3.88. The van der Waals surface area contributed by atoms with E-state index in [1.165, 1.54) is 12.1 Å². The molecule has 0 fully saturated rings. The number of aryl methyl sites for hydroxylation is 3. The fourth-order valence-electron chi connectivity index (χ4n) is 1.85. The Bertz CT molecular complexity index is 751. The van der Waals surface area contributed by atoms with Crippen LogP contribution in [0.15, 0.2) is 23.1 Å². The van der Waals surface area contributed by atoms with Gasteiger partial charge in [-0.1, -0.05) is 23.2 Å². The summed E-state index contributed by atoms with van der Waals surface area (Å²) in [5.74, 6) is 0. The van der Waals surface area contributed by atoms with Crippen LogP contribution in [0, 0.1) is 20.8 Å². The zero-order chi connectivity index (χ0) is 14.4. The molecule has 1 aromatic carbocycles. The average Bonchev–Trinajstić information content (AvgIpc) is 2.63. The molecule has 0 unspecified atom stereocenters. The molecule has 4 nitrogen and oxygen atoms in total. The topological polar surface area (TPSA) is 52.0 Å². The molecule has 7 heteroatoms. The highest BCUT2D eigenvalue weighted by molar-refractivity contribution is 7.90. The molecule has 0 atom stereocenters. The third-order valence-electron chi connectivity index (χ3n) is 2.69. The van der Waals surface area contributed by atoms with Crippen LogP contribution >= 0.6 is 23.2 Å². The fraction of sp³-hybridized carbons (Fsp3) is 0.250. The zero-order valence-electron chi connectivity index (χ0n) is 10.6. The van der Waals surface area contributed by atoms with Gasteiger partial charge in [-0.15, -0.1) is 0 Å². The molecule has 0 saturated carbocycles. The van der Waals surface area contributed by atoms with E-state index in [0.29, 0.717) is 22.0 Å². The molecular weight excluding hydrogens is 307 g/mol. The Morgan fingerprint density at radius 1 is 1.05 bits per heavy atom. The second kappa shape index (κ2) is 4.81. The summed E-state index contributed by atoms with van der Waals surface area (Å²) >= 11 is 11.8. The van der Waals surface area contributed by atoms with E-state index in [1.807, 2.05) is 0 Å². The molecule has 0 aliphatic rings. The van der Waals surface area contributed by atoms with Crippen LogP contribution in [0.3, 0.4) is 0 Å². The lowest BCUT2D eigenvalue weighted by atomic mass is 10.2. The van der Waals surface area contributed by atoms with Crippen LogP contribution in [-0.2, 0) is 10.0 Å². The van der Waals surface area contributed by atoms with Gasteiger partial charge in [-0.05, 0) is 44.5 Å². The molecule has 0 bridgehead atoms. The van der Waals surface area contributed by atoms with Crippen LogP contribution in [0.4, 0.5) is 0 Å². The number of halogens is 2. The van der Waals surface area contributed by atoms with Crippen LogP contribution in [0.2, 0.25) is 10.0 Å². The third-order valence-corrected chi connectivity index (χ3v) is 5.23. The monoisotopic (exact) mass is 318 g/mol. The standard InChI is InChI=1S/C12H12Cl2N2O2S/c1-7-4-10(13)11(14)6-12(7)19(17,18)16-9(3)5-8(2)15-16/h4-6H,1-3H3. The van der Waals surface area contributed by atoms with Gasteiger partial charge in [0.1, 0.15) is 0 Å². The van der Waals surface area contributed by atoms with Crippen LogP contribution < -0.4 is 0 Å². The van der Waals surface area contributed by atoms with Gasteiger partial charge in [0.25, 0.3) is 10.0 Å².